The Morgan fingerprint density at radius 3 is 2.76 bits per heavy atom. The highest BCUT2D eigenvalue weighted by Gasteiger charge is 2.22. The molecule has 2 aromatic heterocycles. The topological polar surface area (TPSA) is 113 Å². The van der Waals surface area contributed by atoms with Crippen molar-refractivity contribution in [1.82, 2.24) is 14.7 Å². The van der Waals surface area contributed by atoms with Crippen LogP contribution in [0.5, 0.6) is 5.75 Å². The Hall–Kier alpha value is -4.11. The van der Waals surface area contributed by atoms with Gasteiger partial charge in [0.15, 0.2) is 5.69 Å². The summed E-state index contributed by atoms with van der Waals surface area (Å²) < 4.78 is 5.87. The quantitative estimate of drug-likeness (QED) is 0.446. The minimum absolute atomic E-state index is 0.203. The van der Waals surface area contributed by atoms with Crippen molar-refractivity contribution in [1.29, 1.82) is 0 Å². The minimum atomic E-state index is -0.762. The molecule has 0 aliphatic rings. The fourth-order valence-electron chi connectivity index (χ4n) is 3.46. The van der Waals surface area contributed by atoms with Crippen LogP contribution in [0.2, 0.25) is 5.02 Å². The summed E-state index contributed by atoms with van der Waals surface area (Å²) in [7, 11) is 3.22. The summed E-state index contributed by atoms with van der Waals surface area (Å²) in [6.45, 7) is 0.375. The SMILES string of the molecule is CN(Cc1ccccc1-c1cccc(Cl)c1)c1nc(C(=O)Nc2cnoc2)c(O)c(=O)n1C. The first-order valence-electron chi connectivity index (χ1n) is 9.91. The number of halogens is 1. The minimum Gasteiger partial charge on any atom is -0.501 e. The van der Waals surface area contributed by atoms with Gasteiger partial charge in [-0.2, -0.15) is 0 Å². The maximum atomic E-state index is 12.6. The smallest absolute Gasteiger partial charge is 0.297 e. The molecule has 4 aromatic rings. The van der Waals surface area contributed by atoms with Gasteiger partial charge in [-0.1, -0.05) is 53.2 Å². The second-order valence-corrected chi connectivity index (χ2v) is 7.80. The molecule has 0 radical (unpaired) electrons. The maximum absolute atomic E-state index is 12.6. The van der Waals surface area contributed by atoms with Gasteiger partial charge in [0, 0.05) is 25.7 Å². The summed E-state index contributed by atoms with van der Waals surface area (Å²) in [5.74, 6) is -1.31. The van der Waals surface area contributed by atoms with Crippen molar-refractivity contribution in [3.05, 3.63) is 87.6 Å². The lowest BCUT2D eigenvalue weighted by molar-refractivity contribution is 0.101. The van der Waals surface area contributed by atoms with Gasteiger partial charge in [-0.3, -0.25) is 14.2 Å². The van der Waals surface area contributed by atoms with Gasteiger partial charge in [-0.15, -0.1) is 0 Å². The lowest BCUT2D eigenvalue weighted by Gasteiger charge is -2.23. The molecule has 0 saturated heterocycles. The van der Waals surface area contributed by atoms with E-state index in [2.05, 4.69) is 20.0 Å². The molecule has 0 spiro atoms. The summed E-state index contributed by atoms with van der Waals surface area (Å²) >= 11 is 6.17. The van der Waals surface area contributed by atoms with Crippen LogP contribution in [0.4, 0.5) is 11.6 Å². The van der Waals surface area contributed by atoms with Crippen molar-refractivity contribution in [2.75, 3.05) is 17.3 Å². The van der Waals surface area contributed by atoms with Crippen molar-refractivity contribution in [3.8, 4) is 16.9 Å². The summed E-state index contributed by atoms with van der Waals surface area (Å²) in [6, 6.07) is 15.3. The van der Waals surface area contributed by atoms with Crippen LogP contribution >= 0.6 is 11.6 Å². The lowest BCUT2D eigenvalue weighted by atomic mass is 9.99. The number of benzene rings is 2. The van der Waals surface area contributed by atoms with Crippen molar-refractivity contribution in [2.45, 2.75) is 6.54 Å². The molecule has 0 aliphatic carbocycles. The zero-order valence-electron chi connectivity index (χ0n) is 17.8. The number of nitrogens with zero attached hydrogens (tertiary/aromatic N) is 4. The molecule has 0 atom stereocenters. The first kappa shape index (κ1) is 22.1. The van der Waals surface area contributed by atoms with Crippen LogP contribution in [0, 0.1) is 0 Å². The van der Waals surface area contributed by atoms with Crippen LogP contribution in [-0.2, 0) is 13.6 Å². The Labute approximate surface area is 193 Å². The van der Waals surface area contributed by atoms with Crippen molar-refractivity contribution >= 4 is 29.1 Å². The highest BCUT2D eigenvalue weighted by atomic mass is 35.5. The van der Waals surface area contributed by atoms with Gasteiger partial charge in [0.2, 0.25) is 11.7 Å². The molecule has 4 rings (SSSR count). The summed E-state index contributed by atoms with van der Waals surface area (Å²) in [5, 5.41) is 16.9. The van der Waals surface area contributed by atoms with Gasteiger partial charge in [-0.25, -0.2) is 4.98 Å². The summed E-state index contributed by atoms with van der Waals surface area (Å²) in [5.41, 5.74) is 2.01. The third-order valence-electron chi connectivity index (χ3n) is 5.05. The third-order valence-corrected chi connectivity index (χ3v) is 5.29. The molecule has 0 unspecified atom stereocenters. The predicted octanol–water partition coefficient (Wildman–Crippen LogP) is 3.68. The zero-order valence-corrected chi connectivity index (χ0v) is 18.6. The molecule has 2 aromatic carbocycles. The summed E-state index contributed by atoms with van der Waals surface area (Å²) in [4.78, 5) is 31.2. The van der Waals surface area contributed by atoms with Crippen molar-refractivity contribution in [3.63, 3.8) is 0 Å². The molecule has 0 fully saturated rings. The fourth-order valence-corrected chi connectivity index (χ4v) is 3.65. The number of anilines is 2. The number of aromatic hydroxyl groups is 1. The van der Waals surface area contributed by atoms with Crippen LogP contribution in [0.25, 0.3) is 11.1 Å². The first-order chi connectivity index (χ1) is 15.8. The Balaban J connectivity index is 1.68. The number of rotatable bonds is 6. The number of aromatic nitrogens is 3. The van der Waals surface area contributed by atoms with Gasteiger partial charge >= 0.3 is 0 Å². The fraction of sp³-hybridized carbons (Fsp3) is 0.130. The van der Waals surface area contributed by atoms with E-state index in [1.165, 1.54) is 24.1 Å². The molecule has 33 heavy (non-hydrogen) atoms. The van der Waals surface area contributed by atoms with E-state index in [4.69, 9.17) is 11.6 Å². The third kappa shape index (κ3) is 4.58. The van der Waals surface area contributed by atoms with Gasteiger partial charge in [0.25, 0.3) is 11.5 Å². The van der Waals surface area contributed by atoms with E-state index in [0.29, 0.717) is 11.6 Å². The highest BCUT2D eigenvalue weighted by molar-refractivity contribution is 6.30. The van der Waals surface area contributed by atoms with Crippen molar-refractivity contribution in [2.24, 2.45) is 7.05 Å². The molecule has 0 saturated carbocycles. The molecular weight excluding hydrogens is 446 g/mol. The van der Waals surface area contributed by atoms with Crippen LogP contribution in [0.15, 0.2) is 70.3 Å². The highest BCUT2D eigenvalue weighted by Crippen LogP contribution is 2.28. The van der Waals surface area contributed by atoms with E-state index in [0.717, 1.165) is 16.7 Å². The van der Waals surface area contributed by atoms with Gasteiger partial charge in [0.1, 0.15) is 12.0 Å². The van der Waals surface area contributed by atoms with Gasteiger partial charge in [-0.05, 0) is 28.8 Å². The van der Waals surface area contributed by atoms with Crippen LogP contribution in [-0.4, -0.2) is 32.8 Å². The molecular formula is C23H20ClN5O4. The molecule has 9 nitrogen and oxygen atoms in total. The van der Waals surface area contributed by atoms with Crippen LogP contribution in [0.3, 0.4) is 0 Å². The predicted molar refractivity (Wildman–Crippen MR) is 125 cm³/mol. The van der Waals surface area contributed by atoms with E-state index < -0.39 is 22.9 Å². The molecule has 168 valence electrons. The van der Waals surface area contributed by atoms with E-state index in [9.17, 15) is 14.7 Å². The number of hydrogen-bond acceptors (Lipinski definition) is 7. The normalized spacial score (nSPS) is 10.8. The standard InChI is InChI=1S/C23H20ClN5O4/c1-28(12-15-6-3-4-9-18(15)14-7-5-8-16(24)10-14)23-27-19(20(30)22(32)29(23)2)21(31)26-17-11-25-33-13-17/h3-11,13,30H,12H2,1-2H3,(H,26,31). The Morgan fingerprint density at radius 1 is 1.24 bits per heavy atom. The first-order valence-corrected chi connectivity index (χ1v) is 10.3. The number of nitrogens with one attached hydrogen (secondary N) is 1. The van der Waals surface area contributed by atoms with Crippen LogP contribution < -0.4 is 15.8 Å². The zero-order chi connectivity index (χ0) is 23.5. The Bertz CT molecular complexity index is 1370. The number of hydrogen-bond donors (Lipinski definition) is 2. The van der Waals surface area contributed by atoms with E-state index >= 15 is 0 Å². The van der Waals surface area contributed by atoms with Gasteiger partial charge < -0.3 is 19.8 Å². The number of carbonyl (C=O) groups is 1. The van der Waals surface area contributed by atoms with E-state index in [1.807, 2.05) is 48.5 Å². The maximum Gasteiger partial charge on any atom is 0.297 e. The lowest BCUT2D eigenvalue weighted by Crippen LogP contribution is -2.31. The van der Waals surface area contributed by atoms with Crippen LogP contribution in [0.1, 0.15) is 16.1 Å². The van der Waals surface area contributed by atoms with E-state index in [1.54, 1.807) is 11.9 Å². The monoisotopic (exact) mass is 465 g/mol. The molecule has 2 N–H and O–H groups in total. The molecule has 0 bridgehead atoms. The Kier molecular flexibility index (Phi) is 6.14. The second kappa shape index (κ2) is 9.17. The molecule has 2 heterocycles. The molecule has 1 amide bonds. The van der Waals surface area contributed by atoms with Crippen molar-refractivity contribution < 1.29 is 14.4 Å². The molecule has 10 heteroatoms. The van der Waals surface area contributed by atoms with E-state index in [-0.39, 0.29) is 11.6 Å². The average Bonchev–Trinajstić information content (AvgIpc) is 3.31. The average molecular weight is 466 g/mol. The van der Waals surface area contributed by atoms with Gasteiger partial charge in [0.05, 0.1) is 6.20 Å². The largest absolute Gasteiger partial charge is 0.501 e. The second-order valence-electron chi connectivity index (χ2n) is 7.36. The summed E-state index contributed by atoms with van der Waals surface area (Å²) in [6.07, 6.45) is 2.51. The number of carbonyl (C=O) groups excluding carboxylic acids is 1. The number of amides is 1. The Morgan fingerprint density at radius 2 is 2.03 bits per heavy atom. The molecule has 0 aliphatic heterocycles.